The Hall–Kier alpha value is -1.74. The zero-order valence-electron chi connectivity index (χ0n) is 11.9. The molecule has 3 heteroatoms. The van der Waals surface area contributed by atoms with Crippen molar-refractivity contribution in [2.75, 3.05) is 6.54 Å². The zero-order chi connectivity index (χ0) is 13.8. The van der Waals surface area contributed by atoms with Gasteiger partial charge in [0.05, 0.1) is 0 Å². The van der Waals surface area contributed by atoms with Gasteiger partial charge in [0.1, 0.15) is 0 Å². The fourth-order valence-electron chi connectivity index (χ4n) is 2.29. The molecule has 0 radical (unpaired) electrons. The van der Waals surface area contributed by atoms with E-state index in [1.165, 1.54) is 11.1 Å². The first-order valence-electron chi connectivity index (χ1n) is 6.73. The predicted molar refractivity (Wildman–Crippen MR) is 79.1 cm³/mol. The van der Waals surface area contributed by atoms with Crippen LogP contribution in [-0.4, -0.2) is 16.5 Å². The number of nitrogens with zero attached hydrogens (tertiary/aromatic N) is 2. The van der Waals surface area contributed by atoms with Crippen molar-refractivity contribution in [3.8, 4) is 11.4 Å². The maximum atomic E-state index is 5.57. The standard InChI is InChI=1S/C16H21N3/c1-11-6-4-7-14(10-11)16-18-12(2)15(8-5-9-17)13(3)19-16/h4,6-7,10H,5,8-9,17H2,1-3H3. The molecule has 0 amide bonds. The van der Waals surface area contributed by atoms with E-state index in [1.54, 1.807) is 0 Å². The molecular weight excluding hydrogens is 234 g/mol. The second kappa shape index (κ2) is 5.93. The Kier molecular flexibility index (Phi) is 4.27. The monoisotopic (exact) mass is 255 g/mol. The lowest BCUT2D eigenvalue weighted by atomic mass is 10.1. The number of benzene rings is 1. The highest BCUT2D eigenvalue weighted by Gasteiger charge is 2.09. The maximum absolute atomic E-state index is 5.57. The normalized spacial score (nSPS) is 10.7. The Morgan fingerprint density at radius 2 is 1.74 bits per heavy atom. The van der Waals surface area contributed by atoms with Gasteiger partial charge in [0.25, 0.3) is 0 Å². The largest absolute Gasteiger partial charge is 0.330 e. The molecule has 0 aliphatic heterocycles. The van der Waals surface area contributed by atoms with Crippen LogP contribution in [0, 0.1) is 20.8 Å². The molecule has 0 fully saturated rings. The van der Waals surface area contributed by atoms with Crippen molar-refractivity contribution in [3.05, 3.63) is 46.8 Å². The Morgan fingerprint density at radius 1 is 1.05 bits per heavy atom. The minimum Gasteiger partial charge on any atom is -0.330 e. The van der Waals surface area contributed by atoms with Crippen LogP contribution < -0.4 is 5.73 Å². The van der Waals surface area contributed by atoms with Crippen LogP contribution in [0.3, 0.4) is 0 Å². The third kappa shape index (κ3) is 3.18. The first-order chi connectivity index (χ1) is 9.11. The molecule has 2 aromatic rings. The summed E-state index contributed by atoms with van der Waals surface area (Å²) in [4.78, 5) is 9.29. The summed E-state index contributed by atoms with van der Waals surface area (Å²) >= 11 is 0. The first-order valence-corrected chi connectivity index (χ1v) is 6.73. The second-order valence-electron chi connectivity index (χ2n) is 4.96. The summed E-state index contributed by atoms with van der Waals surface area (Å²) < 4.78 is 0. The lowest BCUT2D eigenvalue weighted by molar-refractivity contribution is 0.806. The van der Waals surface area contributed by atoms with Gasteiger partial charge in [-0.1, -0.05) is 23.8 Å². The van der Waals surface area contributed by atoms with Crippen molar-refractivity contribution in [2.45, 2.75) is 33.6 Å². The van der Waals surface area contributed by atoms with E-state index >= 15 is 0 Å². The van der Waals surface area contributed by atoms with Crippen LogP contribution >= 0.6 is 0 Å². The van der Waals surface area contributed by atoms with Gasteiger partial charge in [0.15, 0.2) is 5.82 Å². The lowest BCUT2D eigenvalue weighted by Crippen LogP contribution is -2.06. The fourth-order valence-corrected chi connectivity index (χ4v) is 2.29. The van der Waals surface area contributed by atoms with Crippen molar-refractivity contribution < 1.29 is 0 Å². The average Bonchev–Trinajstić information content (AvgIpc) is 2.37. The van der Waals surface area contributed by atoms with Crippen LogP contribution in [-0.2, 0) is 6.42 Å². The topological polar surface area (TPSA) is 51.8 Å². The number of aromatic nitrogens is 2. The summed E-state index contributed by atoms with van der Waals surface area (Å²) in [6, 6.07) is 8.30. The highest BCUT2D eigenvalue weighted by atomic mass is 14.9. The summed E-state index contributed by atoms with van der Waals surface area (Å²) in [5.41, 5.74) is 11.3. The Bertz CT molecular complexity index is 553. The molecule has 1 aromatic heterocycles. The van der Waals surface area contributed by atoms with Crippen LogP contribution in [0.1, 0.15) is 28.9 Å². The van der Waals surface area contributed by atoms with Crippen molar-refractivity contribution in [3.63, 3.8) is 0 Å². The van der Waals surface area contributed by atoms with E-state index in [4.69, 9.17) is 5.73 Å². The Labute approximate surface area is 114 Å². The molecule has 0 saturated carbocycles. The highest BCUT2D eigenvalue weighted by molar-refractivity contribution is 5.56. The molecule has 0 aliphatic rings. The average molecular weight is 255 g/mol. The Balaban J connectivity index is 2.39. The Morgan fingerprint density at radius 3 is 2.32 bits per heavy atom. The van der Waals surface area contributed by atoms with Crippen LogP contribution in [0.25, 0.3) is 11.4 Å². The van der Waals surface area contributed by atoms with E-state index in [1.807, 2.05) is 6.07 Å². The van der Waals surface area contributed by atoms with Gasteiger partial charge in [-0.15, -0.1) is 0 Å². The summed E-state index contributed by atoms with van der Waals surface area (Å²) in [6.45, 7) is 6.90. The molecule has 3 nitrogen and oxygen atoms in total. The van der Waals surface area contributed by atoms with Gasteiger partial charge in [-0.2, -0.15) is 0 Å². The van der Waals surface area contributed by atoms with Gasteiger partial charge in [0.2, 0.25) is 0 Å². The van der Waals surface area contributed by atoms with E-state index in [0.717, 1.165) is 35.6 Å². The van der Waals surface area contributed by atoms with Crippen LogP contribution in [0.15, 0.2) is 24.3 Å². The van der Waals surface area contributed by atoms with E-state index in [0.29, 0.717) is 6.54 Å². The lowest BCUT2D eigenvalue weighted by Gasteiger charge is -2.11. The van der Waals surface area contributed by atoms with Gasteiger partial charge in [-0.05, 0) is 51.8 Å². The molecule has 0 aliphatic carbocycles. The number of nitrogens with two attached hydrogens (primary N) is 1. The molecule has 0 atom stereocenters. The molecule has 100 valence electrons. The number of hydrogen-bond acceptors (Lipinski definition) is 3. The van der Waals surface area contributed by atoms with E-state index in [-0.39, 0.29) is 0 Å². The summed E-state index contributed by atoms with van der Waals surface area (Å²) in [5, 5.41) is 0. The molecule has 0 unspecified atom stereocenters. The molecule has 2 N–H and O–H groups in total. The fraction of sp³-hybridized carbons (Fsp3) is 0.375. The van der Waals surface area contributed by atoms with Crippen molar-refractivity contribution in [1.29, 1.82) is 0 Å². The first kappa shape index (κ1) is 13.7. The number of aryl methyl sites for hydroxylation is 3. The molecule has 19 heavy (non-hydrogen) atoms. The van der Waals surface area contributed by atoms with Crippen molar-refractivity contribution >= 4 is 0 Å². The second-order valence-corrected chi connectivity index (χ2v) is 4.96. The molecule has 1 heterocycles. The third-order valence-electron chi connectivity index (χ3n) is 3.33. The minimum absolute atomic E-state index is 0.707. The van der Waals surface area contributed by atoms with Crippen molar-refractivity contribution in [1.82, 2.24) is 9.97 Å². The molecule has 1 aromatic carbocycles. The SMILES string of the molecule is Cc1cccc(-c2nc(C)c(CCCN)c(C)n2)c1. The highest BCUT2D eigenvalue weighted by Crippen LogP contribution is 2.20. The molecule has 0 saturated heterocycles. The van der Waals surface area contributed by atoms with Gasteiger partial charge in [-0.25, -0.2) is 9.97 Å². The van der Waals surface area contributed by atoms with E-state index in [2.05, 4.69) is 48.9 Å². The summed E-state index contributed by atoms with van der Waals surface area (Å²) in [7, 11) is 0. The van der Waals surface area contributed by atoms with Gasteiger partial charge >= 0.3 is 0 Å². The van der Waals surface area contributed by atoms with Crippen LogP contribution in [0.2, 0.25) is 0 Å². The van der Waals surface area contributed by atoms with E-state index < -0.39 is 0 Å². The van der Waals surface area contributed by atoms with Gasteiger partial charge < -0.3 is 5.73 Å². The van der Waals surface area contributed by atoms with Crippen LogP contribution in [0.5, 0.6) is 0 Å². The zero-order valence-corrected chi connectivity index (χ0v) is 11.9. The maximum Gasteiger partial charge on any atom is 0.159 e. The molecule has 0 bridgehead atoms. The smallest absolute Gasteiger partial charge is 0.159 e. The van der Waals surface area contributed by atoms with Gasteiger partial charge in [0, 0.05) is 17.0 Å². The quantitative estimate of drug-likeness (QED) is 0.913. The van der Waals surface area contributed by atoms with Gasteiger partial charge in [-0.3, -0.25) is 0 Å². The molecule has 2 rings (SSSR count). The predicted octanol–water partition coefficient (Wildman–Crippen LogP) is 2.96. The van der Waals surface area contributed by atoms with E-state index in [9.17, 15) is 0 Å². The molecule has 0 spiro atoms. The van der Waals surface area contributed by atoms with Crippen molar-refractivity contribution in [2.24, 2.45) is 5.73 Å². The van der Waals surface area contributed by atoms with Crippen LogP contribution in [0.4, 0.5) is 0 Å². The minimum atomic E-state index is 0.707. The summed E-state index contributed by atoms with van der Waals surface area (Å²) in [6.07, 6.45) is 1.94. The third-order valence-corrected chi connectivity index (χ3v) is 3.33. The number of rotatable bonds is 4. The number of hydrogen-bond donors (Lipinski definition) is 1. The molecular formula is C16H21N3. The summed E-state index contributed by atoms with van der Waals surface area (Å²) in [5.74, 6) is 0.815.